The normalized spacial score (nSPS) is 11.4. The summed E-state index contributed by atoms with van der Waals surface area (Å²) in [7, 11) is 0. The van der Waals surface area contributed by atoms with Crippen LogP contribution < -0.4 is 5.69 Å². The van der Waals surface area contributed by atoms with E-state index in [4.69, 9.17) is 5.10 Å². The summed E-state index contributed by atoms with van der Waals surface area (Å²) in [6.45, 7) is 7.76. The maximum absolute atomic E-state index is 13.2. The predicted octanol–water partition coefficient (Wildman–Crippen LogP) is 5.11. The van der Waals surface area contributed by atoms with E-state index < -0.39 is 0 Å². The second-order valence-corrected chi connectivity index (χ2v) is 9.51. The number of tetrazole rings is 1. The second kappa shape index (κ2) is 11.7. The summed E-state index contributed by atoms with van der Waals surface area (Å²) in [6.07, 6.45) is 6.42. The van der Waals surface area contributed by atoms with Gasteiger partial charge in [0.15, 0.2) is 0 Å². The van der Waals surface area contributed by atoms with Crippen LogP contribution in [0.25, 0.3) is 22.5 Å². The highest BCUT2D eigenvalue weighted by atomic mass is 16.2. The quantitative estimate of drug-likeness (QED) is 0.289. The van der Waals surface area contributed by atoms with Gasteiger partial charge in [-0.2, -0.15) is 10.3 Å². The van der Waals surface area contributed by atoms with Crippen molar-refractivity contribution in [1.82, 2.24) is 35.0 Å². The van der Waals surface area contributed by atoms with Crippen molar-refractivity contribution in [2.24, 2.45) is 5.92 Å². The van der Waals surface area contributed by atoms with E-state index >= 15 is 0 Å². The first-order valence-corrected chi connectivity index (χ1v) is 12.6. The summed E-state index contributed by atoms with van der Waals surface area (Å²) in [4.78, 5) is 13.2. The molecule has 2 heterocycles. The first kappa shape index (κ1) is 24.6. The van der Waals surface area contributed by atoms with Crippen LogP contribution in [0.1, 0.15) is 64.3 Å². The van der Waals surface area contributed by atoms with Crippen molar-refractivity contribution in [3.05, 3.63) is 70.4 Å². The van der Waals surface area contributed by atoms with Crippen molar-refractivity contribution in [2.75, 3.05) is 0 Å². The molecule has 0 aliphatic heterocycles. The molecule has 4 rings (SSSR count). The van der Waals surface area contributed by atoms with Crippen LogP contribution in [0.5, 0.6) is 0 Å². The molecule has 0 fully saturated rings. The van der Waals surface area contributed by atoms with Crippen molar-refractivity contribution >= 4 is 0 Å². The van der Waals surface area contributed by atoms with Crippen LogP contribution in [0.2, 0.25) is 0 Å². The molecule has 0 aliphatic carbocycles. The number of aromatic amines is 1. The van der Waals surface area contributed by atoms with Gasteiger partial charge in [0.1, 0.15) is 5.82 Å². The molecule has 0 amide bonds. The van der Waals surface area contributed by atoms with Crippen LogP contribution in [0.15, 0.2) is 53.3 Å². The van der Waals surface area contributed by atoms with Crippen LogP contribution in [-0.4, -0.2) is 35.0 Å². The molecule has 2 aromatic carbocycles. The summed E-state index contributed by atoms with van der Waals surface area (Å²) in [6, 6.07) is 16.5. The third kappa shape index (κ3) is 6.32. The van der Waals surface area contributed by atoms with Gasteiger partial charge in [-0.05, 0) is 46.7 Å². The monoisotopic (exact) mass is 473 g/mol. The number of benzene rings is 2. The van der Waals surface area contributed by atoms with E-state index in [0.29, 0.717) is 24.8 Å². The van der Waals surface area contributed by atoms with Gasteiger partial charge < -0.3 is 0 Å². The molecule has 2 aromatic heterocycles. The van der Waals surface area contributed by atoms with Gasteiger partial charge in [0.25, 0.3) is 0 Å². The Kier molecular flexibility index (Phi) is 8.23. The van der Waals surface area contributed by atoms with Gasteiger partial charge in [0, 0.05) is 18.5 Å². The molecule has 0 spiro atoms. The molecule has 8 nitrogen and oxygen atoms in total. The molecule has 0 saturated heterocycles. The fraction of sp³-hybridized carbons (Fsp3) is 0.444. The molecule has 0 aliphatic rings. The van der Waals surface area contributed by atoms with Gasteiger partial charge in [-0.15, -0.1) is 10.2 Å². The minimum atomic E-state index is -0.00645. The summed E-state index contributed by atoms with van der Waals surface area (Å²) >= 11 is 0. The molecule has 0 radical (unpaired) electrons. The number of nitrogens with zero attached hydrogens (tertiary/aromatic N) is 6. The first-order chi connectivity index (χ1) is 17.0. The molecular weight excluding hydrogens is 438 g/mol. The molecule has 1 N–H and O–H groups in total. The highest BCUT2D eigenvalue weighted by molar-refractivity contribution is 5.70. The van der Waals surface area contributed by atoms with E-state index in [1.165, 1.54) is 19.3 Å². The average molecular weight is 474 g/mol. The van der Waals surface area contributed by atoms with Gasteiger partial charge in [0.05, 0.1) is 6.54 Å². The Morgan fingerprint density at radius 3 is 2.49 bits per heavy atom. The van der Waals surface area contributed by atoms with Crippen molar-refractivity contribution in [3.8, 4) is 22.5 Å². The fourth-order valence-electron chi connectivity index (χ4n) is 4.17. The van der Waals surface area contributed by atoms with Crippen molar-refractivity contribution in [1.29, 1.82) is 0 Å². The number of hydrogen-bond donors (Lipinski definition) is 1. The van der Waals surface area contributed by atoms with E-state index in [0.717, 1.165) is 47.3 Å². The number of unbranched alkanes of at least 4 members (excludes halogenated alkanes) is 3. The van der Waals surface area contributed by atoms with E-state index in [9.17, 15) is 4.79 Å². The highest BCUT2D eigenvalue weighted by Gasteiger charge is 2.14. The number of rotatable bonds is 12. The van der Waals surface area contributed by atoms with E-state index in [-0.39, 0.29) is 5.69 Å². The zero-order valence-electron chi connectivity index (χ0n) is 20.9. The summed E-state index contributed by atoms with van der Waals surface area (Å²) in [5.74, 6) is 2.00. The zero-order chi connectivity index (χ0) is 24.6. The zero-order valence-corrected chi connectivity index (χ0v) is 20.9. The van der Waals surface area contributed by atoms with Gasteiger partial charge in [-0.1, -0.05) is 82.5 Å². The van der Waals surface area contributed by atoms with Gasteiger partial charge >= 0.3 is 5.69 Å². The Morgan fingerprint density at radius 2 is 1.77 bits per heavy atom. The van der Waals surface area contributed by atoms with E-state index in [2.05, 4.69) is 77.8 Å². The van der Waals surface area contributed by atoms with Gasteiger partial charge in [0.2, 0.25) is 5.82 Å². The second-order valence-electron chi connectivity index (χ2n) is 9.51. The lowest BCUT2D eigenvalue weighted by atomic mass is 10.0. The molecule has 0 bridgehead atoms. The number of aromatic nitrogens is 7. The van der Waals surface area contributed by atoms with Gasteiger partial charge in [-0.3, -0.25) is 4.57 Å². The fourth-order valence-corrected chi connectivity index (χ4v) is 4.17. The number of aryl methyl sites for hydroxylation is 2. The largest absolute Gasteiger partial charge is 0.346 e. The SMILES string of the molecule is CCCCCCc1nn(CCC(C)C)c(=O)n1Cc1ccc(-c2cccc(-c3nn[nH]n3)c2)cc1. The Morgan fingerprint density at radius 1 is 0.971 bits per heavy atom. The maximum Gasteiger partial charge on any atom is 0.346 e. The molecule has 35 heavy (non-hydrogen) atoms. The molecule has 4 aromatic rings. The molecule has 8 heteroatoms. The van der Waals surface area contributed by atoms with E-state index in [1.807, 2.05) is 16.7 Å². The standard InChI is InChI=1S/C27H35N7O/c1-4-5-6-7-11-25-30-34(17-16-20(2)3)27(35)33(25)19-21-12-14-22(15-13-21)23-9-8-10-24(18-23)26-28-31-32-29-26/h8-10,12-15,18,20H,4-7,11,16-17,19H2,1-3H3,(H,28,29,31,32). The minimum Gasteiger partial charge on any atom is -0.274 e. The van der Waals surface area contributed by atoms with Crippen LogP contribution in [-0.2, 0) is 19.5 Å². The average Bonchev–Trinajstić information content (AvgIpc) is 3.51. The van der Waals surface area contributed by atoms with Crippen LogP contribution in [0.4, 0.5) is 0 Å². The summed E-state index contributed by atoms with van der Waals surface area (Å²) in [5, 5.41) is 19.0. The minimum absolute atomic E-state index is 0.00645. The van der Waals surface area contributed by atoms with Crippen LogP contribution in [0.3, 0.4) is 0 Å². The Balaban J connectivity index is 1.53. The van der Waals surface area contributed by atoms with Crippen molar-refractivity contribution < 1.29 is 0 Å². The third-order valence-corrected chi connectivity index (χ3v) is 6.27. The lowest BCUT2D eigenvalue weighted by molar-refractivity contribution is 0.472. The lowest BCUT2D eigenvalue weighted by Gasteiger charge is -2.08. The lowest BCUT2D eigenvalue weighted by Crippen LogP contribution is -2.26. The molecule has 0 saturated carbocycles. The van der Waals surface area contributed by atoms with Crippen molar-refractivity contribution in [2.45, 2.75) is 72.4 Å². The molecule has 0 unspecified atom stereocenters. The van der Waals surface area contributed by atoms with Gasteiger partial charge in [-0.25, -0.2) is 9.48 Å². The smallest absolute Gasteiger partial charge is 0.274 e. The van der Waals surface area contributed by atoms with Crippen LogP contribution in [0, 0.1) is 5.92 Å². The third-order valence-electron chi connectivity index (χ3n) is 6.27. The number of hydrogen-bond acceptors (Lipinski definition) is 5. The first-order valence-electron chi connectivity index (χ1n) is 12.6. The Labute approximate surface area is 206 Å². The Hall–Kier alpha value is -3.55. The summed E-state index contributed by atoms with van der Waals surface area (Å²) in [5.41, 5.74) is 4.16. The number of H-pyrrole nitrogens is 1. The maximum atomic E-state index is 13.2. The van der Waals surface area contributed by atoms with Crippen molar-refractivity contribution in [3.63, 3.8) is 0 Å². The molecule has 184 valence electrons. The predicted molar refractivity (Wildman–Crippen MR) is 138 cm³/mol. The number of nitrogens with one attached hydrogen (secondary N) is 1. The molecule has 0 atom stereocenters. The van der Waals surface area contributed by atoms with Crippen LogP contribution >= 0.6 is 0 Å². The Bertz CT molecular complexity index is 1250. The highest BCUT2D eigenvalue weighted by Crippen LogP contribution is 2.24. The summed E-state index contributed by atoms with van der Waals surface area (Å²) < 4.78 is 3.52. The molecular formula is C27H35N7O. The topological polar surface area (TPSA) is 94.3 Å². The van der Waals surface area contributed by atoms with E-state index in [1.54, 1.807) is 4.68 Å².